The Morgan fingerprint density at radius 1 is 0.857 bits per heavy atom. The van der Waals surface area contributed by atoms with Crippen molar-refractivity contribution in [1.82, 2.24) is 0 Å². The Labute approximate surface area is 164 Å². The lowest BCUT2D eigenvalue weighted by Gasteiger charge is -2.23. The van der Waals surface area contributed by atoms with Crippen LogP contribution in [0.2, 0.25) is 0 Å². The number of esters is 1. The molecule has 0 aliphatic carbocycles. The summed E-state index contributed by atoms with van der Waals surface area (Å²) < 4.78 is 26.2. The van der Waals surface area contributed by atoms with Crippen molar-refractivity contribution >= 4 is 5.97 Å². The SMILES string of the molecule is COC(=O)c1ccc([C@@H](C)[C@@H](O)c2cc(OC)c(OC)c(OC)c2)c(OC)c1. The summed E-state index contributed by atoms with van der Waals surface area (Å²) in [7, 11) is 7.39. The van der Waals surface area contributed by atoms with Crippen LogP contribution < -0.4 is 18.9 Å². The van der Waals surface area contributed by atoms with E-state index in [1.165, 1.54) is 35.5 Å². The van der Waals surface area contributed by atoms with Gasteiger partial charge in [0.05, 0.1) is 47.2 Å². The molecule has 0 bridgehead atoms. The molecular formula is C21H26O7. The van der Waals surface area contributed by atoms with Crippen LogP contribution in [0.4, 0.5) is 0 Å². The first-order chi connectivity index (χ1) is 13.4. The van der Waals surface area contributed by atoms with Gasteiger partial charge in [-0.1, -0.05) is 13.0 Å². The van der Waals surface area contributed by atoms with Crippen LogP contribution in [0.3, 0.4) is 0 Å². The van der Waals surface area contributed by atoms with Crippen LogP contribution in [-0.2, 0) is 4.74 Å². The summed E-state index contributed by atoms with van der Waals surface area (Å²) in [5, 5.41) is 11.0. The second-order valence-corrected chi connectivity index (χ2v) is 6.14. The normalized spacial score (nSPS) is 12.7. The fourth-order valence-corrected chi connectivity index (χ4v) is 3.06. The van der Waals surface area contributed by atoms with Crippen molar-refractivity contribution in [2.45, 2.75) is 18.9 Å². The molecule has 2 rings (SSSR count). The Morgan fingerprint density at radius 3 is 1.89 bits per heavy atom. The van der Waals surface area contributed by atoms with Gasteiger partial charge in [0.2, 0.25) is 5.75 Å². The van der Waals surface area contributed by atoms with E-state index in [4.69, 9.17) is 23.7 Å². The molecule has 0 heterocycles. The minimum absolute atomic E-state index is 0.343. The molecule has 0 unspecified atom stereocenters. The maximum Gasteiger partial charge on any atom is 0.337 e. The monoisotopic (exact) mass is 390 g/mol. The lowest BCUT2D eigenvalue weighted by molar-refractivity contribution is 0.0600. The number of methoxy groups -OCH3 is 5. The number of ether oxygens (including phenoxy) is 5. The van der Waals surface area contributed by atoms with E-state index in [1.54, 1.807) is 30.3 Å². The quantitative estimate of drug-likeness (QED) is 0.692. The lowest BCUT2D eigenvalue weighted by Crippen LogP contribution is -2.11. The van der Waals surface area contributed by atoms with Crippen molar-refractivity contribution in [2.75, 3.05) is 35.5 Å². The van der Waals surface area contributed by atoms with E-state index in [9.17, 15) is 9.90 Å². The fraction of sp³-hybridized carbons (Fsp3) is 0.381. The molecule has 7 nitrogen and oxygen atoms in total. The standard InChI is InChI=1S/C21H26O7/c1-12(15-8-7-13(21(23)28-6)9-16(15)24-2)19(22)14-10-17(25-3)20(27-5)18(11-14)26-4/h7-12,19,22H,1-6H3/t12-,19-/m1/s1. The number of hydrogen-bond acceptors (Lipinski definition) is 7. The topological polar surface area (TPSA) is 83.5 Å². The average molecular weight is 390 g/mol. The Bertz CT molecular complexity index is 806. The molecule has 2 atom stereocenters. The van der Waals surface area contributed by atoms with Crippen LogP contribution >= 0.6 is 0 Å². The molecule has 2 aromatic carbocycles. The predicted molar refractivity (Wildman–Crippen MR) is 104 cm³/mol. The van der Waals surface area contributed by atoms with E-state index in [-0.39, 0.29) is 5.92 Å². The molecule has 0 saturated carbocycles. The van der Waals surface area contributed by atoms with Crippen LogP contribution in [0, 0.1) is 0 Å². The number of carbonyl (C=O) groups is 1. The molecule has 0 aromatic heterocycles. The summed E-state index contributed by atoms with van der Waals surface area (Å²) in [6.45, 7) is 1.86. The molecule has 0 fully saturated rings. The number of aliphatic hydroxyl groups excluding tert-OH is 1. The Kier molecular flexibility index (Phi) is 7.12. The number of rotatable bonds is 8. The van der Waals surface area contributed by atoms with Crippen LogP contribution in [0.15, 0.2) is 30.3 Å². The maximum atomic E-state index is 11.8. The van der Waals surface area contributed by atoms with Crippen molar-refractivity contribution < 1.29 is 33.6 Å². The predicted octanol–water partition coefficient (Wildman–Crippen LogP) is 3.34. The minimum atomic E-state index is -0.883. The van der Waals surface area contributed by atoms with E-state index in [0.717, 1.165) is 5.56 Å². The Morgan fingerprint density at radius 2 is 1.43 bits per heavy atom. The van der Waals surface area contributed by atoms with E-state index in [2.05, 4.69) is 0 Å². The first-order valence-corrected chi connectivity index (χ1v) is 8.65. The molecule has 0 spiro atoms. The Hall–Kier alpha value is -2.93. The molecule has 152 valence electrons. The summed E-state index contributed by atoms with van der Waals surface area (Å²) >= 11 is 0. The number of benzene rings is 2. The number of carbonyl (C=O) groups excluding carboxylic acids is 1. The van der Waals surface area contributed by atoms with Gasteiger partial charge in [-0.25, -0.2) is 4.79 Å². The van der Waals surface area contributed by atoms with Crippen molar-refractivity contribution in [1.29, 1.82) is 0 Å². The molecule has 0 aliphatic rings. The number of aliphatic hydroxyl groups is 1. The summed E-state index contributed by atoms with van der Waals surface area (Å²) in [6, 6.07) is 8.40. The highest BCUT2D eigenvalue weighted by Gasteiger charge is 2.25. The molecule has 0 amide bonds. The first kappa shape index (κ1) is 21.4. The molecule has 0 saturated heterocycles. The second kappa shape index (κ2) is 9.32. The summed E-state index contributed by atoms with van der Waals surface area (Å²) in [6.07, 6.45) is -0.883. The molecule has 1 N–H and O–H groups in total. The first-order valence-electron chi connectivity index (χ1n) is 8.65. The number of hydrogen-bond donors (Lipinski definition) is 1. The van der Waals surface area contributed by atoms with Gasteiger partial charge in [0.25, 0.3) is 0 Å². The van der Waals surface area contributed by atoms with Gasteiger partial charge in [0.1, 0.15) is 5.75 Å². The van der Waals surface area contributed by atoms with Crippen molar-refractivity contribution in [3.63, 3.8) is 0 Å². The smallest absolute Gasteiger partial charge is 0.337 e. The summed E-state index contributed by atoms with van der Waals surface area (Å²) in [5.41, 5.74) is 1.72. The zero-order valence-corrected chi connectivity index (χ0v) is 16.9. The Balaban J connectivity index is 2.44. The van der Waals surface area contributed by atoms with Crippen molar-refractivity contribution in [2.24, 2.45) is 0 Å². The maximum absolute atomic E-state index is 11.8. The highest BCUT2D eigenvalue weighted by atomic mass is 16.5. The van der Waals surface area contributed by atoms with E-state index >= 15 is 0 Å². The third-order valence-electron chi connectivity index (χ3n) is 4.65. The van der Waals surface area contributed by atoms with Gasteiger partial charge in [0.15, 0.2) is 11.5 Å². The average Bonchev–Trinajstić information content (AvgIpc) is 2.75. The van der Waals surface area contributed by atoms with E-state index in [0.29, 0.717) is 34.1 Å². The van der Waals surface area contributed by atoms with Gasteiger partial charge >= 0.3 is 5.97 Å². The molecule has 0 radical (unpaired) electrons. The summed E-state index contributed by atoms with van der Waals surface area (Å²) in [4.78, 5) is 11.8. The zero-order chi connectivity index (χ0) is 20.8. The molecule has 28 heavy (non-hydrogen) atoms. The molecule has 0 aliphatic heterocycles. The minimum Gasteiger partial charge on any atom is -0.496 e. The van der Waals surface area contributed by atoms with E-state index < -0.39 is 12.1 Å². The van der Waals surface area contributed by atoms with Gasteiger partial charge in [0, 0.05) is 5.92 Å². The zero-order valence-electron chi connectivity index (χ0n) is 16.9. The molecular weight excluding hydrogens is 364 g/mol. The van der Waals surface area contributed by atoms with Gasteiger partial charge in [-0.15, -0.1) is 0 Å². The van der Waals surface area contributed by atoms with Gasteiger partial charge in [-0.2, -0.15) is 0 Å². The van der Waals surface area contributed by atoms with Gasteiger partial charge in [-0.05, 0) is 35.4 Å². The molecule has 7 heteroatoms. The highest BCUT2D eigenvalue weighted by Crippen LogP contribution is 2.43. The van der Waals surface area contributed by atoms with Crippen LogP contribution in [0.25, 0.3) is 0 Å². The van der Waals surface area contributed by atoms with E-state index in [1.807, 2.05) is 6.92 Å². The van der Waals surface area contributed by atoms with Crippen molar-refractivity contribution in [3.8, 4) is 23.0 Å². The molecule has 2 aromatic rings. The van der Waals surface area contributed by atoms with Crippen LogP contribution in [0.5, 0.6) is 23.0 Å². The second-order valence-electron chi connectivity index (χ2n) is 6.14. The fourth-order valence-electron chi connectivity index (χ4n) is 3.06. The third-order valence-corrected chi connectivity index (χ3v) is 4.65. The highest BCUT2D eigenvalue weighted by molar-refractivity contribution is 5.90. The van der Waals surface area contributed by atoms with Crippen molar-refractivity contribution in [3.05, 3.63) is 47.0 Å². The van der Waals surface area contributed by atoms with Gasteiger partial charge < -0.3 is 28.8 Å². The van der Waals surface area contributed by atoms with Crippen LogP contribution in [-0.4, -0.2) is 46.6 Å². The van der Waals surface area contributed by atoms with Gasteiger partial charge in [-0.3, -0.25) is 0 Å². The summed E-state index contributed by atoms with van der Waals surface area (Å²) in [5.74, 6) is 1.05. The third kappa shape index (κ3) is 4.14. The van der Waals surface area contributed by atoms with Crippen LogP contribution in [0.1, 0.15) is 40.4 Å². The largest absolute Gasteiger partial charge is 0.496 e. The lowest BCUT2D eigenvalue weighted by atomic mass is 9.89.